The fraction of sp³-hybridized carbons (Fsp3) is 0.667. The Morgan fingerprint density at radius 2 is 1.75 bits per heavy atom. The van der Waals surface area contributed by atoms with Gasteiger partial charge in [0.1, 0.15) is 11.4 Å². The molecule has 9 nitrogen and oxygen atoms in total. The first-order chi connectivity index (χ1) is 18.9. The molecule has 0 N–H and O–H groups in total. The van der Waals surface area contributed by atoms with Crippen LogP contribution in [0.3, 0.4) is 0 Å². The van der Waals surface area contributed by atoms with Crippen LogP contribution in [-0.2, 0) is 28.6 Å². The van der Waals surface area contributed by atoms with E-state index < -0.39 is 18.7 Å². The van der Waals surface area contributed by atoms with E-state index in [1.165, 1.54) is 4.90 Å². The Hall–Kier alpha value is -2.90. The van der Waals surface area contributed by atoms with Crippen molar-refractivity contribution in [3.8, 4) is 11.8 Å². The lowest BCUT2D eigenvalue weighted by atomic mass is 9.82. The molecule has 10 heteroatoms. The molecule has 1 aliphatic carbocycles. The number of nitrogens with zero attached hydrogens (tertiary/aromatic N) is 2. The lowest BCUT2D eigenvalue weighted by molar-refractivity contribution is -0.155. The van der Waals surface area contributed by atoms with Gasteiger partial charge in [-0.05, 0) is 58.4 Å². The minimum atomic E-state index is -0.741. The summed E-state index contributed by atoms with van der Waals surface area (Å²) in [6, 6.07) is 1.69. The minimum Gasteiger partial charge on any atom is -0.428 e. The molecule has 220 valence electrons. The molecule has 0 bridgehead atoms. The summed E-state index contributed by atoms with van der Waals surface area (Å²) in [5.41, 5.74) is 0.0184. The second-order valence-corrected chi connectivity index (χ2v) is 12.9. The van der Waals surface area contributed by atoms with Crippen LogP contribution >= 0.6 is 11.3 Å². The first kappa shape index (κ1) is 31.6. The second-order valence-electron chi connectivity index (χ2n) is 11.9. The smallest absolute Gasteiger partial charge is 0.353 e. The van der Waals surface area contributed by atoms with Crippen LogP contribution in [0, 0.1) is 35.0 Å². The molecule has 1 aliphatic heterocycles. The van der Waals surface area contributed by atoms with Gasteiger partial charge in [0.15, 0.2) is 0 Å². The highest BCUT2D eigenvalue weighted by Gasteiger charge is 2.34. The van der Waals surface area contributed by atoms with Gasteiger partial charge in [0.25, 0.3) is 0 Å². The number of rotatable bonds is 8. The molecular weight excluding hydrogens is 532 g/mol. The van der Waals surface area contributed by atoms with E-state index in [1.807, 2.05) is 20.8 Å². The molecule has 0 unspecified atom stereocenters. The van der Waals surface area contributed by atoms with E-state index in [2.05, 4.69) is 18.8 Å². The van der Waals surface area contributed by atoms with Crippen molar-refractivity contribution >= 4 is 40.8 Å². The maximum atomic E-state index is 14.0. The van der Waals surface area contributed by atoms with Crippen molar-refractivity contribution in [1.29, 1.82) is 0 Å². The predicted octanol–water partition coefficient (Wildman–Crippen LogP) is 4.48. The SMILES string of the molecule is CC(C)C(=O)OCOC(=O)c1sc(C#CC(C)(C)C)cc1N(CC(=O)N1CCOCC1)C(=O)[C@H]1CC[C@H](C)CC1. The van der Waals surface area contributed by atoms with E-state index in [4.69, 9.17) is 14.2 Å². The van der Waals surface area contributed by atoms with E-state index in [-0.39, 0.29) is 40.5 Å². The van der Waals surface area contributed by atoms with E-state index in [9.17, 15) is 19.2 Å². The minimum absolute atomic E-state index is 0.145. The normalized spacial score (nSPS) is 19.4. The van der Waals surface area contributed by atoms with Gasteiger partial charge in [0.05, 0.1) is 29.7 Å². The number of ether oxygens (including phenoxy) is 3. The van der Waals surface area contributed by atoms with Gasteiger partial charge in [-0.3, -0.25) is 14.4 Å². The average Bonchev–Trinajstić information content (AvgIpc) is 3.34. The van der Waals surface area contributed by atoms with Gasteiger partial charge in [-0.15, -0.1) is 11.3 Å². The zero-order valence-corrected chi connectivity index (χ0v) is 25.4. The summed E-state index contributed by atoms with van der Waals surface area (Å²) >= 11 is 1.10. The summed E-state index contributed by atoms with van der Waals surface area (Å²) in [4.78, 5) is 56.3. The molecule has 2 fully saturated rings. The third kappa shape index (κ3) is 9.07. The van der Waals surface area contributed by atoms with E-state index in [0.29, 0.717) is 42.8 Å². The van der Waals surface area contributed by atoms with Gasteiger partial charge >= 0.3 is 11.9 Å². The molecule has 1 saturated carbocycles. The molecule has 3 rings (SSSR count). The zero-order valence-electron chi connectivity index (χ0n) is 24.5. The number of anilines is 1. The number of esters is 2. The predicted molar refractivity (Wildman–Crippen MR) is 153 cm³/mol. The summed E-state index contributed by atoms with van der Waals surface area (Å²) in [5.74, 6) is 4.59. The van der Waals surface area contributed by atoms with Crippen molar-refractivity contribution in [2.45, 2.75) is 67.2 Å². The van der Waals surface area contributed by atoms with Crippen LogP contribution in [0.1, 0.15) is 81.8 Å². The molecule has 0 aromatic carbocycles. The lowest BCUT2D eigenvalue weighted by Gasteiger charge is -2.33. The summed E-state index contributed by atoms with van der Waals surface area (Å²) < 4.78 is 15.7. The summed E-state index contributed by atoms with van der Waals surface area (Å²) in [7, 11) is 0. The van der Waals surface area contributed by atoms with Gasteiger partial charge < -0.3 is 24.0 Å². The monoisotopic (exact) mass is 574 g/mol. The molecule has 1 saturated heterocycles. The highest BCUT2D eigenvalue weighted by molar-refractivity contribution is 7.15. The van der Waals surface area contributed by atoms with Crippen molar-refractivity contribution in [3.05, 3.63) is 15.8 Å². The molecule has 0 radical (unpaired) electrons. The van der Waals surface area contributed by atoms with Crippen LogP contribution in [0.15, 0.2) is 6.07 Å². The standard InChI is InChI=1S/C30H42N2O7S/c1-20(2)28(35)38-19-39-29(36)26-24(17-23(40-26)11-12-30(4,5)6)32(18-25(33)31-13-15-37-16-14-31)27(34)22-9-7-21(3)8-10-22/h17,20-22H,7-10,13-16,18-19H2,1-6H3/t21-,22-. The van der Waals surface area contributed by atoms with Gasteiger partial charge in [0.2, 0.25) is 18.6 Å². The molecule has 2 aliphatic rings. The molecule has 2 heterocycles. The third-order valence-electron chi connectivity index (χ3n) is 6.90. The average molecular weight is 575 g/mol. The summed E-state index contributed by atoms with van der Waals surface area (Å²) in [6.07, 6.45) is 3.33. The highest BCUT2D eigenvalue weighted by atomic mass is 32.1. The fourth-order valence-electron chi connectivity index (χ4n) is 4.47. The van der Waals surface area contributed by atoms with Crippen LogP contribution in [0.25, 0.3) is 0 Å². The van der Waals surface area contributed by atoms with Crippen molar-refractivity contribution in [1.82, 2.24) is 4.90 Å². The number of morpholine rings is 1. The summed E-state index contributed by atoms with van der Waals surface area (Å²) in [5, 5.41) is 0. The molecule has 0 spiro atoms. The van der Waals surface area contributed by atoms with Gasteiger partial charge in [0, 0.05) is 24.4 Å². The van der Waals surface area contributed by atoms with Crippen LogP contribution in [0.4, 0.5) is 5.69 Å². The van der Waals surface area contributed by atoms with E-state index >= 15 is 0 Å². The Kier molecular flexibility index (Phi) is 11.2. The number of hydrogen-bond acceptors (Lipinski definition) is 8. The Morgan fingerprint density at radius 3 is 2.35 bits per heavy atom. The Morgan fingerprint density at radius 1 is 1.10 bits per heavy atom. The number of thiophene rings is 1. The van der Waals surface area contributed by atoms with Crippen molar-refractivity contribution < 1.29 is 33.4 Å². The summed E-state index contributed by atoms with van der Waals surface area (Å²) in [6.45, 7) is 12.5. The topological polar surface area (TPSA) is 102 Å². The van der Waals surface area contributed by atoms with Gasteiger partial charge in [-0.1, -0.05) is 32.6 Å². The highest BCUT2D eigenvalue weighted by Crippen LogP contribution is 2.35. The third-order valence-corrected chi connectivity index (χ3v) is 7.92. The second kappa shape index (κ2) is 14.1. The van der Waals surface area contributed by atoms with Crippen LogP contribution in [-0.4, -0.2) is 68.3 Å². The van der Waals surface area contributed by atoms with Crippen molar-refractivity contribution in [3.63, 3.8) is 0 Å². The van der Waals surface area contributed by atoms with Gasteiger partial charge in [-0.2, -0.15) is 0 Å². The first-order valence-electron chi connectivity index (χ1n) is 14.0. The molecule has 40 heavy (non-hydrogen) atoms. The Bertz CT molecular complexity index is 1130. The zero-order chi connectivity index (χ0) is 29.4. The quantitative estimate of drug-likeness (QED) is 0.256. The van der Waals surface area contributed by atoms with Crippen molar-refractivity contribution in [2.75, 3.05) is 44.5 Å². The van der Waals surface area contributed by atoms with E-state index in [1.54, 1.807) is 24.8 Å². The molecule has 2 amide bonds. The lowest BCUT2D eigenvalue weighted by Crippen LogP contribution is -2.49. The largest absolute Gasteiger partial charge is 0.428 e. The molecule has 0 atom stereocenters. The number of carbonyl (C=O) groups is 4. The molecule has 1 aromatic rings. The van der Waals surface area contributed by atoms with E-state index in [0.717, 1.165) is 37.0 Å². The number of hydrogen-bond donors (Lipinski definition) is 0. The fourth-order valence-corrected chi connectivity index (χ4v) is 5.38. The number of amides is 2. The number of carbonyl (C=O) groups excluding carboxylic acids is 4. The van der Waals surface area contributed by atoms with Gasteiger partial charge in [-0.25, -0.2) is 4.79 Å². The first-order valence-corrected chi connectivity index (χ1v) is 14.8. The Balaban J connectivity index is 1.97. The van der Waals surface area contributed by atoms with Crippen LogP contribution in [0.5, 0.6) is 0 Å². The molecule has 1 aromatic heterocycles. The molecular formula is C30H42N2O7S. The van der Waals surface area contributed by atoms with Crippen molar-refractivity contribution in [2.24, 2.45) is 23.2 Å². The Labute approximate surface area is 241 Å². The maximum absolute atomic E-state index is 14.0. The van der Waals surface area contributed by atoms with Crippen LogP contribution in [0.2, 0.25) is 0 Å². The maximum Gasteiger partial charge on any atom is 0.353 e. The van der Waals surface area contributed by atoms with Crippen LogP contribution < -0.4 is 4.90 Å².